The molecule has 0 radical (unpaired) electrons. The van der Waals surface area contributed by atoms with E-state index in [1.165, 1.54) is 16.7 Å². The minimum Gasteiger partial charge on any atom is -0.456 e. The van der Waals surface area contributed by atoms with Gasteiger partial charge in [0.15, 0.2) is 0 Å². The van der Waals surface area contributed by atoms with Gasteiger partial charge in [-0.25, -0.2) is 0 Å². The largest absolute Gasteiger partial charge is 0.456 e. The molecule has 0 spiro atoms. The van der Waals surface area contributed by atoms with Gasteiger partial charge in [-0.3, -0.25) is 0 Å². The highest BCUT2D eigenvalue weighted by atomic mass is 16.4. The van der Waals surface area contributed by atoms with Crippen molar-refractivity contribution in [2.75, 3.05) is 0 Å². The van der Waals surface area contributed by atoms with Gasteiger partial charge in [-0.15, -0.1) is 0 Å². The Balaban J connectivity index is 0.747. The molecule has 6 nitrogen and oxygen atoms in total. The molecule has 6 heteroatoms. The van der Waals surface area contributed by atoms with Crippen LogP contribution in [0.3, 0.4) is 0 Å². The average molecular weight is 1080 g/mol. The van der Waals surface area contributed by atoms with E-state index in [0.29, 0.717) is 0 Å². The summed E-state index contributed by atoms with van der Waals surface area (Å²) in [6, 6.07) is 90.0. The zero-order chi connectivity index (χ0) is 54.7. The van der Waals surface area contributed by atoms with Gasteiger partial charge in [0, 0.05) is 82.8 Å². The van der Waals surface area contributed by atoms with E-state index in [0.717, 1.165) is 182 Å². The Morgan fingerprint density at radius 1 is 0.119 bits per heavy atom. The molecule has 0 aliphatic carbocycles. The van der Waals surface area contributed by atoms with Gasteiger partial charge < -0.3 is 26.5 Å². The van der Waals surface area contributed by atoms with Crippen LogP contribution >= 0.6 is 0 Å². The molecule has 84 heavy (non-hydrogen) atoms. The summed E-state index contributed by atoms with van der Waals surface area (Å²) in [7, 11) is 0. The second kappa shape index (κ2) is 17.1. The van der Waals surface area contributed by atoms with Crippen LogP contribution in [0.5, 0.6) is 0 Å². The smallest absolute Gasteiger partial charge is 0.139 e. The summed E-state index contributed by atoms with van der Waals surface area (Å²) in [6.45, 7) is 0. The summed E-state index contributed by atoms with van der Waals surface area (Å²) < 4.78 is 39.6. The van der Waals surface area contributed by atoms with Gasteiger partial charge in [0.05, 0.1) is 0 Å². The molecular formula is C78H42O6. The van der Waals surface area contributed by atoms with Crippen molar-refractivity contribution in [1.29, 1.82) is 0 Å². The maximum Gasteiger partial charge on any atom is 0.139 e. The number of hydrogen-bond acceptors (Lipinski definition) is 6. The third-order valence-corrected chi connectivity index (χ3v) is 17.4. The highest BCUT2D eigenvalue weighted by molar-refractivity contribution is 6.19. The molecular weight excluding hydrogens is 1030 g/mol. The first-order valence-electron chi connectivity index (χ1n) is 28.3. The lowest BCUT2D eigenvalue weighted by Crippen LogP contribution is -1.86. The topological polar surface area (TPSA) is 78.8 Å². The summed E-state index contributed by atoms with van der Waals surface area (Å²) in [6.07, 6.45) is 0. The summed E-state index contributed by atoms with van der Waals surface area (Å²) in [5.41, 5.74) is 22.8. The van der Waals surface area contributed by atoms with E-state index < -0.39 is 0 Å². The Kier molecular flexibility index (Phi) is 9.24. The van der Waals surface area contributed by atoms with Crippen LogP contribution in [0.25, 0.3) is 198 Å². The maximum atomic E-state index is 6.74. The summed E-state index contributed by atoms with van der Waals surface area (Å²) in [5, 5.41) is 12.7. The van der Waals surface area contributed by atoms with Crippen LogP contribution in [0.2, 0.25) is 0 Å². The van der Waals surface area contributed by atoms with Gasteiger partial charge in [-0.05, 0) is 176 Å². The summed E-state index contributed by atoms with van der Waals surface area (Å²) in [5.74, 6) is 0. The van der Waals surface area contributed by atoms with E-state index in [-0.39, 0.29) is 0 Å². The Morgan fingerprint density at radius 2 is 0.345 bits per heavy atom. The lowest BCUT2D eigenvalue weighted by molar-refractivity contribution is 0.655. The van der Waals surface area contributed by atoms with Crippen LogP contribution < -0.4 is 0 Å². The van der Waals surface area contributed by atoms with Crippen molar-refractivity contribution >= 4 is 132 Å². The second-order valence-corrected chi connectivity index (χ2v) is 22.3. The first kappa shape index (κ1) is 45.4. The van der Waals surface area contributed by atoms with Crippen LogP contribution in [0.4, 0.5) is 0 Å². The van der Waals surface area contributed by atoms with Crippen molar-refractivity contribution in [2.45, 2.75) is 0 Å². The van der Waals surface area contributed by atoms with E-state index in [9.17, 15) is 0 Å². The molecule has 390 valence electrons. The van der Waals surface area contributed by atoms with Crippen molar-refractivity contribution in [3.05, 3.63) is 255 Å². The SMILES string of the molecule is c1ccc(-c2ccc3oc4cc5oc6cc(-c7cc(-c8ccc9c(c8)oc8cc%10oc%11ccc(-c%12ccccc%12)cc%11c%10cc89)cc(-c8ccc9c(c8)oc8cc%10oc%11ccc(-c%12ccccc%12)cc%11c%10cc89)c7)ccc6c5cc4c3c2)cc1. The van der Waals surface area contributed by atoms with Crippen molar-refractivity contribution in [2.24, 2.45) is 0 Å². The van der Waals surface area contributed by atoms with Gasteiger partial charge >= 0.3 is 0 Å². The van der Waals surface area contributed by atoms with Gasteiger partial charge in [-0.1, -0.05) is 127 Å². The zero-order valence-electron chi connectivity index (χ0n) is 44.7. The maximum absolute atomic E-state index is 6.74. The van der Waals surface area contributed by atoms with Crippen LogP contribution in [0.15, 0.2) is 281 Å². The number of furan rings is 6. The van der Waals surface area contributed by atoms with Crippen LogP contribution in [0.1, 0.15) is 0 Å². The zero-order valence-corrected chi connectivity index (χ0v) is 44.7. The molecule has 6 aromatic heterocycles. The lowest BCUT2D eigenvalue weighted by atomic mass is 9.92. The first-order valence-corrected chi connectivity index (χ1v) is 28.3. The fourth-order valence-corrected chi connectivity index (χ4v) is 13.2. The third-order valence-electron chi connectivity index (χ3n) is 17.4. The van der Waals surface area contributed by atoms with Gasteiger partial charge in [0.1, 0.15) is 67.0 Å². The predicted molar refractivity (Wildman–Crippen MR) is 343 cm³/mol. The number of hydrogen-bond donors (Lipinski definition) is 0. The molecule has 19 aromatic rings. The van der Waals surface area contributed by atoms with E-state index in [4.69, 9.17) is 26.5 Å². The molecule has 0 fully saturated rings. The molecule has 19 rings (SSSR count). The third kappa shape index (κ3) is 6.92. The Hall–Kier alpha value is -11.3. The number of rotatable bonds is 6. The van der Waals surface area contributed by atoms with E-state index in [1.807, 2.05) is 36.4 Å². The monoisotopic (exact) mass is 1070 g/mol. The van der Waals surface area contributed by atoms with Crippen molar-refractivity contribution in [3.8, 4) is 66.8 Å². The molecule has 0 saturated heterocycles. The average Bonchev–Trinajstić information content (AvgIpc) is 3.09. The van der Waals surface area contributed by atoms with Crippen molar-refractivity contribution in [1.82, 2.24) is 0 Å². The summed E-state index contributed by atoms with van der Waals surface area (Å²) in [4.78, 5) is 0. The van der Waals surface area contributed by atoms with E-state index in [1.54, 1.807) is 0 Å². The van der Waals surface area contributed by atoms with Crippen LogP contribution in [0, 0.1) is 0 Å². The Morgan fingerprint density at radius 3 is 0.643 bits per heavy atom. The Bertz CT molecular complexity index is 5370. The quantitative estimate of drug-likeness (QED) is 0.165. The Labute approximate surface area is 477 Å². The normalized spacial score (nSPS) is 12.3. The minimum absolute atomic E-state index is 0.778. The minimum atomic E-state index is 0.778. The summed E-state index contributed by atoms with van der Waals surface area (Å²) >= 11 is 0. The first-order chi connectivity index (χ1) is 41.5. The van der Waals surface area contributed by atoms with Gasteiger partial charge in [0.2, 0.25) is 0 Å². The molecule has 0 atom stereocenters. The number of fused-ring (bicyclic) bond motifs is 18. The lowest BCUT2D eigenvalue weighted by Gasteiger charge is -2.12. The highest BCUT2D eigenvalue weighted by Gasteiger charge is 2.21. The second-order valence-electron chi connectivity index (χ2n) is 22.3. The molecule has 0 amide bonds. The fourth-order valence-electron chi connectivity index (χ4n) is 13.2. The van der Waals surface area contributed by atoms with E-state index >= 15 is 0 Å². The molecule has 13 aromatic carbocycles. The van der Waals surface area contributed by atoms with E-state index in [2.05, 4.69) is 218 Å². The molecule has 0 aliphatic rings. The molecule has 0 aliphatic heterocycles. The molecule has 0 N–H and O–H groups in total. The van der Waals surface area contributed by atoms with Crippen LogP contribution in [-0.4, -0.2) is 0 Å². The molecule has 0 unspecified atom stereocenters. The van der Waals surface area contributed by atoms with Crippen molar-refractivity contribution < 1.29 is 26.5 Å². The molecule has 0 bridgehead atoms. The highest BCUT2D eigenvalue weighted by Crippen LogP contribution is 2.45. The molecule has 0 saturated carbocycles. The molecule has 6 heterocycles. The number of benzene rings is 13. The standard InChI is InChI=1S/C78H42O6/c1-4-10-43(11-5-1)46-19-25-67-58(31-46)64-37-61-55-22-16-49(34-70(55)82-73(61)40-76(64)79-67)52-28-53(50-17-23-56-62-38-65-59-32-47(44-12-6-2-7-13-44)20-26-68(59)80-77(65)41-74(62)83-71(56)35-50)30-54(29-52)51-18-24-57-63-39-66-60-33-48(45-14-8-3-9-15-45)21-27-69(60)81-78(66)42-75(63)84-72(57)36-51/h1-42H. The van der Waals surface area contributed by atoms with Crippen molar-refractivity contribution in [3.63, 3.8) is 0 Å². The fraction of sp³-hybridized carbons (Fsp3) is 0. The van der Waals surface area contributed by atoms with Gasteiger partial charge in [0.25, 0.3) is 0 Å². The van der Waals surface area contributed by atoms with Crippen LogP contribution in [-0.2, 0) is 0 Å². The predicted octanol–water partition coefficient (Wildman–Crippen LogP) is 23.1. The van der Waals surface area contributed by atoms with Gasteiger partial charge in [-0.2, -0.15) is 0 Å².